The number of rotatable bonds is 3. The maximum atomic E-state index is 13.5. The van der Waals surface area contributed by atoms with Gasteiger partial charge in [-0.1, -0.05) is 36.8 Å². The van der Waals surface area contributed by atoms with Crippen LogP contribution in [-0.2, 0) is 6.54 Å². The van der Waals surface area contributed by atoms with Crippen molar-refractivity contribution in [2.75, 3.05) is 0 Å². The molecule has 0 spiro atoms. The third-order valence-corrected chi connectivity index (χ3v) is 3.16. The molecule has 0 radical (unpaired) electrons. The van der Waals surface area contributed by atoms with Crippen LogP contribution in [0.1, 0.15) is 31.2 Å². The molecule has 1 fully saturated rings. The molecule has 16 heavy (non-hydrogen) atoms. The molecule has 1 saturated carbocycles. The van der Waals surface area contributed by atoms with Crippen LogP contribution in [-0.4, -0.2) is 12.0 Å². The van der Waals surface area contributed by atoms with E-state index in [2.05, 4.69) is 5.32 Å². The summed E-state index contributed by atoms with van der Waals surface area (Å²) < 4.78 is 27.0. The van der Waals surface area contributed by atoms with Gasteiger partial charge in [-0.15, -0.1) is 0 Å². The molecule has 0 amide bonds. The Morgan fingerprint density at radius 2 is 1.94 bits per heavy atom. The first-order valence-corrected chi connectivity index (χ1v) is 5.83. The normalized spacial score (nSPS) is 24.2. The predicted octanol–water partition coefficient (Wildman–Crippen LogP) is 3.35. The molecule has 1 aromatic rings. The number of alkyl halides is 2. The van der Waals surface area contributed by atoms with E-state index in [1.54, 1.807) is 0 Å². The van der Waals surface area contributed by atoms with Gasteiger partial charge in [0.2, 0.25) is 0 Å². The summed E-state index contributed by atoms with van der Waals surface area (Å²) in [7, 11) is 0. The average molecular weight is 225 g/mol. The SMILES string of the molecule is FC1(F)CCCCC1NCc1ccccc1. The molecule has 1 aliphatic rings. The van der Waals surface area contributed by atoms with Gasteiger partial charge in [-0.25, -0.2) is 8.78 Å². The molecule has 0 bridgehead atoms. The highest BCUT2D eigenvalue weighted by atomic mass is 19.3. The minimum absolute atomic E-state index is 0.0272. The lowest BCUT2D eigenvalue weighted by atomic mass is 9.91. The molecule has 88 valence electrons. The highest BCUT2D eigenvalue weighted by Crippen LogP contribution is 2.33. The van der Waals surface area contributed by atoms with Crippen molar-refractivity contribution in [2.45, 2.75) is 44.2 Å². The predicted molar refractivity (Wildman–Crippen MR) is 60.5 cm³/mol. The standard InChI is InChI=1S/C13H17F2N/c14-13(15)9-5-4-8-12(13)16-10-11-6-2-1-3-7-11/h1-3,6-7,12,16H,4-5,8-10H2. The van der Waals surface area contributed by atoms with Crippen molar-refractivity contribution in [3.63, 3.8) is 0 Å². The number of hydrogen-bond donors (Lipinski definition) is 1. The van der Waals surface area contributed by atoms with E-state index < -0.39 is 12.0 Å². The summed E-state index contributed by atoms with van der Waals surface area (Å²) in [5.74, 6) is -2.53. The number of benzene rings is 1. The summed E-state index contributed by atoms with van der Waals surface area (Å²) in [6.07, 6.45) is 2.16. The van der Waals surface area contributed by atoms with Crippen LogP contribution in [0.2, 0.25) is 0 Å². The smallest absolute Gasteiger partial charge is 0.263 e. The van der Waals surface area contributed by atoms with Crippen molar-refractivity contribution < 1.29 is 8.78 Å². The van der Waals surface area contributed by atoms with Gasteiger partial charge in [0.05, 0.1) is 6.04 Å². The van der Waals surface area contributed by atoms with Gasteiger partial charge in [0.25, 0.3) is 5.92 Å². The van der Waals surface area contributed by atoms with Crippen molar-refractivity contribution in [3.8, 4) is 0 Å². The van der Waals surface area contributed by atoms with Crippen LogP contribution in [0, 0.1) is 0 Å². The van der Waals surface area contributed by atoms with Gasteiger partial charge in [0.15, 0.2) is 0 Å². The van der Waals surface area contributed by atoms with Crippen molar-refractivity contribution >= 4 is 0 Å². The maximum Gasteiger partial charge on any atom is 0.263 e. The van der Waals surface area contributed by atoms with Gasteiger partial charge in [-0.05, 0) is 18.4 Å². The number of nitrogens with one attached hydrogen (secondary N) is 1. The van der Waals surface area contributed by atoms with Crippen molar-refractivity contribution in [1.29, 1.82) is 0 Å². The minimum Gasteiger partial charge on any atom is -0.305 e. The molecule has 3 heteroatoms. The molecule has 1 atom stereocenters. The van der Waals surface area contributed by atoms with E-state index in [0.29, 0.717) is 19.4 Å². The molecule has 1 aliphatic carbocycles. The van der Waals surface area contributed by atoms with Crippen LogP contribution < -0.4 is 5.32 Å². The van der Waals surface area contributed by atoms with E-state index in [1.807, 2.05) is 30.3 Å². The molecule has 1 nitrogen and oxygen atoms in total. The lowest BCUT2D eigenvalue weighted by Gasteiger charge is -2.32. The monoisotopic (exact) mass is 225 g/mol. The van der Waals surface area contributed by atoms with E-state index in [9.17, 15) is 8.78 Å². The van der Waals surface area contributed by atoms with Crippen LogP contribution in [0.5, 0.6) is 0 Å². The summed E-state index contributed by atoms with van der Waals surface area (Å²) in [6.45, 7) is 0.529. The second-order valence-corrected chi connectivity index (χ2v) is 4.43. The first-order chi connectivity index (χ1) is 7.68. The third kappa shape index (κ3) is 2.79. The first-order valence-electron chi connectivity index (χ1n) is 5.83. The fourth-order valence-corrected chi connectivity index (χ4v) is 2.18. The van der Waals surface area contributed by atoms with Gasteiger partial charge in [-0.2, -0.15) is 0 Å². The Bertz CT molecular complexity index is 324. The molecule has 1 aromatic carbocycles. The van der Waals surface area contributed by atoms with E-state index in [-0.39, 0.29) is 6.42 Å². The van der Waals surface area contributed by atoms with E-state index in [0.717, 1.165) is 12.0 Å². The van der Waals surface area contributed by atoms with Gasteiger partial charge >= 0.3 is 0 Å². The zero-order valence-electron chi connectivity index (χ0n) is 9.26. The quantitative estimate of drug-likeness (QED) is 0.831. The molecule has 0 aromatic heterocycles. The first kappa shape index (κ1) is 11.5. The molecule has 2 rings (SSSR count). The lowest BCUT2D eigenvalue weighted by molar-refractivity contribution is -0.0640. The summed E-state index contributed by atoms with van der Waals surface area (Å²) in [5.41, 5.74) is 1.06. The molecular formula is C13H17F2N. The molecule has 0 heterocycles. The average Bonchev–Trinajstić information content (AvgIpc) is 2.28. The number of halogens is 2. The Morgan fingerprint density at radius 3 is 2.62 bits per heavy atom. The zero-order valence-corrected chi connectivity index (χ0v) is 9.26. The van der Waals surface area contributed by atoms with Crippen molar-refractivity contribution in [2.24, 2.45) is 0 Å². The van der Waals surface area contributed by atoms with Gasteiger partial charge in [-0.3, -0.25) is 0 Å². The molecule has 1 N–H and O–H groups in total. The fourth-order valence-electron chi connectivity index (χ4n) is 2.18. The number of hydrogen-bond acceptors (Lipinski definition) is 1. The van der Waals surface area contributed by atoms with Gasteiger partial charge in [0.1, 0.15) is 0 Å². The fraction of sp³-hybridized carbons (Fsp3) is 0.538. The largest absolute Gasteiger partial charge is 0.305 e. The Morgan fingerprint density at radius 1 is 1.19 bits per heavy atom. The Kier molecular flexibility index (Phi) is 3.54. The second-order valence-electron chi connectivity index (χ2n) is 4.43. The Balaban J connectivity index is 1.90. The van der Waals surface area contributed by atoms with Crippen molar-refractivity contribution in [3.05, 3.63) is 35.9 Å². The summed E-state index contributed by atoms with van der Waals surface area (Å²) >= 11 is 0. The topological polar surface area (TPSA) is 12.0 Å². The summed E-state index contributed by atoms with van der Waals surface area (Å²) in [6, 6.07) is 9.04. The molecule has 0 saturated heterocycles. The lowest BCUT2D eigenvalue weighted by Crippen LogP contribution is -2.46. The van der Waals surface area contributed by atoms with Crippen LogP contribution in [0.15, 0.2) is 30.3 Å². The second kappa shape index (κ2) is 4.91. The minimum atomic E-state index is -2.53. The van der Waals surface area contributed by atoms with E-state index in [4.69, 9.17) is 0 Å². The molecular weight excluding hydrogens is 208 g/mol. The van der Waals surface area contributed by atoms with Gasteiger partial charge < -0.3 is 5.32 Å². The Hall–Kier alpha value is -0.960. The Labute approximate surface area is 94.9 Å². The highest BCUT2D eigenvalue weighted by molar-refractivity contribution is 5.14. The van der Waals surface area contributed by atoms with Crippen LogP contribution >= 0.6 is 0 Å². The third-order valence-electron chi connectivity index (χ3n) is 3.16. The van der Waals surface area contributed by atoms with Crippen LogP contribution in [0.25, 0.3) is 0 Å². The van der Waals surface area contributed by atoms with Gasteiger partial charge in [0, 0.05) is 13.0 Å². The summed E-state index contributed by atoms with van der Waals surface area (Å²) in [5, 5.41) is 2.98. The zero-order chi connectivity index (χ0) is 11.4. The summed E-state index contributed by atoms with van der Waals surface area (Å²) in [4.78, 5) is 0. The molecule has 1 unspecified atom stereocenters. The maximum absolute atomic E-state index is 13.5. The van der Waals surface area contributed by atoms with Crippen LogP contribution in [0.4, 0.5) is 8.78 Å². The van der Waals surface area contributed by atoms with Crippen LogP contribution in [0.3, 0.4) is 0 Å². The molecule has 0 aliphatic heterocycles. The highest BCUT2D eigenvalue weighted by Gasteiger charge is 2.40. The van der Waals surface area contributed by atoms with E-state index in [1.165, 1.54) is 0 Å². The van der Waals surface area contributed by atoms with Crippen molar-refractivity contribution in [1.82, 2.24) is 5.32 Å². The van der Waals surface area contributed by atoms with E-state index >= 15 is 0 Å².